The molecule has 0 aliphatic heterocycles. The minimum Gasteiger partial charge on any atom is -0.464 e. The Kier molecular flexibility index (Phi) is 14.5. The second-order valence-corrected chi connectivity index (χ2v) is 11.8. The van der Waals surface area contributed by atoms with Crippen LogP contribution in [0, 0.1) is 0 Å². The number of aromatic nitrogens is 3. The van der Waals surface area contributed by atoms with Crippen molar-refractivity contribution >= 4 is 63.4 Å². The maximum Gasteiger partial charge on any atom is 0.336 e. The quantitative estimate of drug-likeness (QED) is 0.0996. The minimum absolute atomic E-state index is 0.222. The van der Waals surface area contributed by atoms with Gasteiger partial charge in [-0.15, -0.1) is 0 Å². The molecule has 0 fully saturated rings. The summed E-state index contributed by atoms with van der Waals surface area (Å²) >= 11 is 0. The van der Waals surface area contributed by atoms with Gasteiger partial charge in [0.1, 0.15) is 19.8 Å². The van der Waals surface area contributed by atoms with Gasteiger partial charge in [-0.05, 0) is 20.8 Å². The van der Waals surface area contributed by atoms with Crippen molar-refractivity contribution in [3.8, 4) is 0 Å². The third-order valence-electron chi connectivity index (χ3n) is 5.15. The highest BCUT2D eigenvalue weighted by atomic mass is 32.2. The van der Waals surface area contributed by atoms with E-state index in [1.807, 2.05) is 0 Å². The number of nitrogens with zero attached hydrogens (tertiary/aromatic N) is 3. The van der Waals surface area contributed by atoms with Crippen molar-refractivity contribution in [3.63, 3.8) is 0 Å². The first-order valence-electron chi connectivity index (χ1n) is 11.7. The van der Waals surface area contributed by atoms with Crippen LogP contribution in [0.1, 0.15) is 40.0 Å². The summed E-state index contributed by atoms with van der Waals surface area (Å²) in [5, 5.41) is 0. The zero-order valence-corrected chi connectivity index (χ0v) is 25.0. The highest BCUT2D eigenvalue weighted by Gasteiger charge is 2.18. The van der Waals surface area contributed by atoms with Crippen molar-refractivity contribution in [1.29, 1.82) is 0 Å². The fourth-order valence-electron chi connectivity index (χ4n) is 2.95. The molecule has 0 saturated carbocycles. The van der Waals surface area contributed by atoms with Gasteiger partial charge >= 0.3 is 35.0 Å². The van der Waals surface area contributed by atoms with Crippen LogP contribution in [0.4, 0.5) is 0 Å². The van der Waals surface area contributed by atoms with E-state index in [0.29, 0.717) is 13.7 Å². The Morgan fingerprint density at radius 3 is 0.905 bits per heavy atom. The predicted molar refractivity (Wildman–Crippen MR) is 145 cm³/mol. The van der Waals surface area contributed by atoms with Crippen LogP contribution in [0.25, 0.3) is 0 Å². The molecule has 1 aromatic rings. The van der Waals surface area contributed by atoms with Crippen LogP contribution in [-0.2, 0) is 79.1 Å². The van der Waals surface area contributed by atoms with Gasteiger partial charge in [-0.1, -0.05) is 0 Å². The molecule has 0 aromatic carbocycles. The third kappa shape index (κ3) is 11.4. The van der Waals surface area contributed by atoms with Crippen molar-refractivity contribution in [2.75, 3.05) is 19.8 Å². The first-order valence-corrected chi connectivity index (χ1v) is 15.0. The van der Waals surface area contributed by atoms with Gasteiger partial charge in [-0.2, -0.15) is 25.3 Å². The Balaban J connectivity index is 3.24. The molecule has 0 unspecified atom stereocenters. The molecule has 42 heavy (non-hydrogen) atoms. The Bertz CT molecular complexity index is 1570. The number of hydrogen-bond acceptors (Lipinski definition) is 15. The lowest BCUT2D eigenvalue weighted by atomic mass is 10.3. The van der Waals surface area contributed by atoms with Gasteiger partial charge in [0.25, 0.3) is 0 Å². The van der Waals surface area contributed by atoms with Crippen molar-refractivity contribution in [2.24, 2.45) is 0 Å². The van der Waals surface area contributed by atoms with Gasteiger partial charge in [0.05, 0.1) is 53.5 Å². The largest absolute Gasteiger partial charge is 0.464 e. The molecule has 0 amide bonds. The second kappa shape index (κ2) is 17.0. The zero-order valence-electron chi connectivity index (χ0n) is 22.6. The summed E-state index contributed by atoms with van der Waals surface area (Å²) in [6.07, 6.45) is -1.75. The van der Waals surface area contributed by atoms with E-state index in [1.165, 1.54) is 20.8 Å². The first-order chi connectivity index (χ1) is 19.6. The van der Waals surface area contributed by atoms with Crippen LogP contribution < -0.4 is 17.1 Å². The van der Waals surface area contributed by atoms with Crippen LogP contribution in [0.2, 0.25) is 0 Å². The summed E-state index contributed by atoms with van der Waals surface area (Å²) in [6.45, 7) is -0.0134. The standard InChI is InChI=1S/C21H27N3O15S3/c1-13(40(31)32)10-16(25)37-7-4-22-19(28)23(5-8-38-17(26)11-14(2)41(33)34)21(30)24(20(22)29)6-9-39-18(27)12-15(3)42(35)36/h4-12H2,1-3H3. The molecule has 1 aromatic heterocycles. The molecule has 18 nitrogen and oxygen atoms in total. The van der Waals surface area contributed by atoms with Gasteiger partial charge in [-0.25, -0.2) is 28.1 Å². The predicted octanol–water partition coefficient (Wildman–Crippen LogP) is -3.81. The van der Waals surface area contributed by atoms with Crippen LogP contribution in [-0.4, -0.2) is 91.3 Å². The maximum atomic E-state index is 12.9. The number of rotatable bonds is 15. The SMILES string of the molecule is CC(CC(=O)OCCn1c(=O)n(CCOC(=O)CC(C)=S(=O)=O)c(=O)n(CCOC(=O)CC(C)=S(=O)=O)c1=O)=S(=O)=O. The maximum absolute atomic E-state index is 12.9. The van der Waals surface area contributed by atoms with E-state index >= 15 is 0 Å². The van der Waals surface area contributed by atoms with E-state index in [0.717, 1.165) is 0 Å². The Morgan fingerprint density at radius 2 is 0.714 bits per heavy atom. The molecule has 0 radical (unpaired) electrons. The molecule has 0 N–H and O–H groups in total. The van der Waals surface area contributed by atoms with Crippen molar-refractivity contribution in [3.05, 3.63) is 31.5 Å². The molecule has 0 atom stereocenters. The van der Waals surface area contributed by atoms with E-state index in [-0.39, 0.29) is 14.6 Å². The normalized spacial score (nSPS) is 10.4. The number of esters is 3. The van der Waals surface area contributed by atoms with Gasteiger partial charge in [0, 0.05) is 0 Å². The molecular formula is C21H27N3O15S3. The number of carbonyl (C=O) groups excluding carboxylic acids is 3. The van der Waals surface area contributed by atoms with E-state index in [4.69, 9.17) is 14.2 Å². The smallest absolute Gasteiger partial charge is 0.336 e. The van der Waals surface area contributed by atoms with Crippen LogP contribution in [0.15, 0.2) is 14.4 Å². The monoisotopic (exact) mass is 657 g/mol. The Morgan fingerprint density at radius 1 is 0.500 bits per heavy atom. The Hall–Kier alpha value is -4.11. The van der Waals surface area contributed by atoms with E-state index in [1.54, 1.807) is 0 Å². The van der Waals surface area contributed by atoms with Crippen molar-refractivity contribution < 1.29 is 53.8 Å². The zero-order chi connectivity index (χ0) is 32.1. The lowest BCUT2D eigenvalue weighted by Gasteiger charge is -2.14. The molecule has 1 rings (SSSR count). The molecule has 0 spiro atoms. The summed E-state index contributed by atoms with van der Waals surface area (Å²) in [5.41, 5.74) is -3.58. The fraction of sp³-hybridized carbons (Fsp3) is 0.571. The van der Waals surface area contributed by atoms with E-state index in [9.17, 15) is 54.0 Å². The summed E-state index contributed by atoms with van der Waals surface area (Å²) in [4.78, 5) is 73.6. The second-order valence-electron chi connectivity index (χ2n) is 8.30. The van der Waals surface area contributed by atoms with Crippen LogP contribution in [0.5, 0.6) is 0 Å². The van der Waals surface area contributed by atoms with Crippen molar-refractivity contribution in [2.45, 2.75) is 59.7 Å². The summed E-state index contributed by atoms with van der Waals surface area (Å²) < 4.78 is 81.2. The van der Waals surface area contributed by atoms with Gasteiger partial charge in [0.2, 0.25) is 30.9 Å². The summed E-state index contributed by atoms with van der Waals surface area (Å²) in [5.74, 6) is -2.93. The van der Waals surface area contributed by atoms with E-state index in [2.05, 4.69) is 0 Å². The third-order valence-corrected chi connectivity index (χ3v) is 7.29. The lowest BCUT2D eigenvalue weighted by Crippen LogP contribution is -2.55. The average Bonchev–Trinajstić information content (AvgIpc) is 2.89. The summed E-state index contributed by atoms with van der Waals surface area (Å²) in [6, 6.07) is 0. The molecule has 0 aliphatic carbocycles. The minimum atomic E-state index is -2.63. The first kappa shape index (κ1) is 35.9. The summed E-state index contributed by atoms with van der Waals surface area (Å²) in [7, 11) is -7.89. The van der Waals surface area contributed by atoms with Crippen molar-refractivity contribution in [1.82, 2.24) is 13.7 Å². The topological polar surface area (TPSA) is 247 Å². The number of ether oxygens (including phenoxy) is 3. The average molecular weight is 658 g/mol. The van der Waals surface area contributed by atoms with Gasteiger partial charge < -0.3 is 14.2 Å². The van der Waals surface area contributed by atoms with Crippen LogP contribution >= 0.6 is 0 Å². The number of carbonyl (C=O) groups is 3. The van der Waals surface area contributed by atoms with Crippen LogP contribution in [0.3, 0.4) is 0 Å². The van der Waals surface area contributed by atoms with E-state index < -0.39 is 125 Å². The highest BCUT2D eigenvalue weighted by molar-refractivity contribution is 7.73. The van der Waals surface area contributed by atoms with Gasteiger partial charge in [0.15, 0.2) is 0 Å². The highest BCUT2D eigenvalue weighted by Crippen LogP contribution is 1.93. The molecule has 0 bridgehead atoms. The molecular weight excluding hydrogens is 630 g/mol. The van der Waals surface area contributed by atoms with Gasteiger partial charge in [-0.3, -0.25) is 14.4 Å². The molecule has 21 heteroatoms. The number of hydrogen-bond donors (Lipinski definition) is 0. The molecule has 0 aliphatic rings. The fourth-order valence-corrected chi connectivity index (χ4v) is 3.66. The molecule has 0 saturated heterocycles. The lowest BCUT2D eigenvalue weighted by molar-refractivity contribution is -0.143. The molecule has 234 valence electrons. The Labute approximate surface area is 241 Å². The molecule has 1 heterocycles.